The molecule has 0 aliphatic heterocycles. The van der Waals surface area contributed by atoms with Gasteiger partial charge in [-0.05, 0) is 48.2 Å². The standard InChI is InChI=1S/C25H26N4O4/c1-15-28-29-23(31-15)22-14-30-24(27-22)33-20-10-6-17(7-11-20)25(2,3)16-4-8-19(9-5-16)32-21-12-18(26)13-21/h4-11,14,18,21H,12-13,26H2,1-3H3. The largest absolute Gasteiger partial charge is 0.490 e. The van der Waals surface area contributed by atoms with Gasteiger partial charge in [0.1, 0.15) is 23.9 Å². The molecule has 5 rings (SSSR count). The minimum Gasteiger partial charge on any atom is -0.490 e. The number of aryl methyl sites for hydroxylation is 1. The van der Waals surface area contributed by atoms with Gasteiger partial charge in [-0.2, -0.15) is 4.98 Å². The second-order valence-electron chi connectivity index (χ2n) is 8.87. The normalized spacial score (nSPS) is 18.1. The first-order valence-corrected chi connectivity index (χ1v) is 10.9. The van der Waals surface area contributed by atoms with E-state index in [-0.39, 0.29) is 29.5 Å². The molecule has 0 atom stereocenters. The van der Waals surface area contributed by atoms with Crippen LogP contribution in [0.15, 0.2) is 63.6 Å². The first-order chi connectivity index (χ1) is 15.9. The summed E-state index contributed by atoms with van der Waals surface area (Å²) in [6, 6.07) is 16.5. The van der Waals surface area contributed by atoms with Gasteiger partial charge in [-0.25, -0.2) is 0 Å². The summed E-state index contributed by atoms with van der Waals surface area (Å²) in [5, 5.41) is 7.72. The molecule has 8 nitrogen and oxygen atoms in total. The zero-order chi connectivity index (χ0) is 23.0. The Labute approximate surface area is 191 Å². The molecule has 4 aromatic rings. The second-order valence-corrected chi connectivity index (χ2v) is 8.87. The number of ether oxygens (including phenoxy) is 2. The molecule has 1 saturated carbocycles. The molecule has 0 radical (unpaired) electrons. The van der Waals surface area contributed by atoms with Gasteiger partial charge in [-0.1, -0.05) is 38.1 Å². The number of rotatable bonds is 7. The van der Waals surface area contributed by atoms with E-state index in [4.69, 9.17) is 24.0 Å². The highest BCUT2D eigenvalue weighted by molar-refractivity contribution is 5.45. The third-order valence-corrected chi connectivity index (χ3v) is 6.02. The second kappa shape index (κ2) is 8.37. The SMILES string of the molecule is Cc1nnc(-c2coc(Oc3ccc(C(C)(C)c4ccc(OC5CC(N)C5)cc4)cc3)n2)o1. The predicted octanol–water partition coefficient (Wildman–Crippen LogP) is 5.02. The molecule has 2 aromatic carbocycles. The third kappa shape index (κ3) is 4.47. The monoisotopic (exact) mass is 446 g/mol. The minimum atomic E-state index is -0.193. The van der Waals surface area contributed by atoms with Crippen molar-refractivity contribution in [1.82, 2.24) is 15.2 Å². The molecule has 1 fully saturated rings. The molecule has 8 heteroatoms. The maximum atomic E-state index is 5.97. The average Bonchev–Trinajstić information content (AvgIpc) is 3.42. The molecule has 0 saturated heterocycles. The van der Waals surface area contributed by atoms with E-state index in [1.807, 2.05) is 36.4 Å². The summed E-state index contributed by atoms with van der Waals surface area (Å²) in [5.74, 6) is 2.25. The van der Waals surface area contributed by atoms with Gasteiger partial charge in [-0.15, -0.1) is 10.2 Å². The lowest BCUT2D eigenvalue weighted by molar-refractivity contribution is 0.101. The van der Waals surface area contributed by atoms with Crippen molar-refractivity contribution in [1.29, 1.82) is 0 Å². The first kappa shape index (κ1) is 21.2. The number of nitrogens with zero attached hydrogens (tertiary/aromatic N) is 3. The van der Waals surface area contributed by atoms with E-state index in [9.17, 15) is 0 Å². The van der Waals surface area contributed by atoms with Gasteiger partial charge in [0.25, 0.3) is 5.89 Å². The minimum absolute atomic E-state index is 0.107. The number of aromatic nitrogens is 3. The zero-order valence-corrected chi connectivity index (χ0v) is 18.8. The van der Waals surface area contributed by atoms with Crippen LogP contribution in [0.5, 0.6) is 17.6 Å². The van der Waals surface area contributed by atoms with Crippen LogP contribution >= 0.6 is 0 Å². The Balaban J connectivity index is 1.25. The van der Waals surface area contributed by atoms with Crippen molar-refractivity contribution < 1.29 is 18.3 Å². The average molecular weight is 447 g/mol. The Morgan fingerprint density at radius 2 is 1.58 bits per heavy atom. The predicted molar refractivity (Wildman–Crippen MR) is 121 cm³/mol. The molecule has 0 bridgehead atoms. The molecule has 170 valence electrons. The summed E-state index contributed by atoms with van der Waals surface area (Å²) in [4.78, 5) is 4.25. The zero-order valence-electron chi connectivity index (χ0n) is 18.8. The fourth-order valence-corrected chi connectivity index (χ4v) is 3.85. The molecule has 0 unspecified atom stereocenters. The lowest BCUT2D eigenvalue weighted by Gasteiger charge is -2.33. The summed E-state index contributed by atoms with van der Waals surface area (Å²) in [6.07, 6.45) is 3.62. The topological polar surface area (TPSA) is 109 Å². The maximum Gasteiger partial charge on any atom is 0.399 e. The molecule has 2 N–H and O–H groups in total. The highest BCUT2D eigenvalue weighted by Crippen LogP contribution is 2.35. The highest BCUT2D eigenvalue weighted by atomic mass is 16.6. The van der Waals surface area contributed by atoms with Crippen LogP contribution < -0.4 is 15.2 Å². The van der Waals surface area contributed by atoms with E-state index >= 15 is 0 Å². The van der Waals surface area contributed by atoms with E-state index in [1.165, 1.54) is 11.8 Å². The van der Waals surface area contributed by atoms with Crippen molar-refractivity contribution in [2.75, 3.05) is 0 Å². The van der Waals surface area contributed by atoms with Crippen LogP contribution in [0.1, 0.15) is 43.7 Å². The van der Waals surface area contributed by atoms with Crippen LogP contribution in [0.2, 0.25) is 0 Å². The van der Waals surface area contributed by atoms with Gasteiger partial charge < -0.3 is 24.0 Å². The van der Waals surface area contributed by atoms with Crippen molar-refractivity contribution >= 4 is 0 Å². The van der Waals surface area contributed by atoms with Crippen LogP contribution in [-0.4, -0.2) is 27.3 Å². The van der Waals surface area contributed by atoms with Gasteiger partial charge in [0.15, 0.2) is 5.69 Å². The van der Waals surface area contributed by atoms with E-state index in [0.29, 0.717) is 17.3 Å². The quantitative estimate of drug-likeness (QED) is 0.421. The lowest BCUT2D eigenvalue weighted by Crippen LogP contribution is -2.43. The summed E-state index contributed by atoms with van der Waals surface area (Å²) < 4.78 is 22.4. The molecule has 0 amide bonds. The van der Waals surface area contributed by atoms with Gasteiger partial charge in [-0.3, -0.25) is 0 Å². The highest BCUT2D eigenvalue weighted by Gasteiger charge is 2.28. The Hall–Kier alpha value is -3.65. The first-order valence-electron chi connectivity index (χ1n) is 10.9. The van der Waals surface area contributed by atoms with Crippen molar-refractivity contribution in [3.8, 4) is 29.2 Å². The summed E-state index contributed by atoms with van der Waals surface area (Å²) in [5.41, 5.74) is 8.43. The van der Waals surface area contributed by atoms with Crippen molar-refractivity contribution in [3.63, 3.8) is 0 Å². The molecule has 1 aliphatic carbocycles. The van der Waals surface area contributed by atoms with Crippen LogP contribution in [-0.2, 0) is 5.41 Å². The Morgan fingerprint density at radius 3 is 2.15 bits per heavy atom. The molecular weight excluding hydrogens is 420 g/mol. The van der Waals surface area contributed by atoms with Crippen LogP contribution in [0.25, 0.3) is 11.6 Å². The van der Waals surface area contributed by atoms with Crippen LogP contribution in [0.4, 0.5) is 0 Å². The number of nitrogens with two attached hydrogens (primary N) is 1. The lowest BCUT2D eigenvalue weighted by atomic mass is 9.78. The molecule has 2 aromatic heterocycles. The van der Waals surface area contributed by atoms with Gasteiger partial charge >= 0.3 is 6.08 Å². The van der Waals surface area contributed by atoms with Crippen LogP contribution in [0.3, 0.4) is 0 Å². The molecular formula is C25H26N4O4. The summed E-state index contributed by atoms with van der Waals surface area (Å²) in [6.45, 7) is 6.09. The maximum absolute atomic E-state index is 5.97. The van der Waals surface area contributed by atoms with Crippen molar-refractivity contribution in [3.05, 3.63) is 71.8 Å². The number of benzene rings is 2. The smallest absolute Gasteiger partial charge is 0.399 e. The third-order valence-electron chi connectivity index (χ3n) is 6.02. The summed E-state index contributed by atoms with van der Waals surface area (Å²) >= 11 is 0. The van der Waals surface area contributed by atoms with Gasteiger partial charge in [0.05, 0.1) is 0 Å². The van der Waals surface area contributed by atoms with E-state index in [2.05, 4.69) is 41.2 Å². The molecule has 33 heavy (non-hydrogen) atoms. The van der Waals surface area contributed by atoms with Crippen LogP contribution in [0, 0.1) is 6.92 Å². The molecule has 0 spiro atoms. The Kier molecular flexibility index (Phi) is 5.38. The fraction of sp³-hybridized carbons (Fsp3) is 0.320. The van der Waals surface area contributed by atoms with E-state index in [0.717, 1.165) is 24.2 Å². The Bertz CT molecular complexity index is 1220. The van der Waals surface area contributed by atoms with Gasteiger partial charge in [0.2, 0.25) is 5.89 Å². The molecule has 1 aliphatic rings. The van der Waals surface area contributed by atoms with Crippen molar-refractivity contribution in [2.45, 2.75) is 51.2 Å². The summed E-state index contributed by atoms with van der Waals surface area (Å²) in [7, 11) is 0. The van der Waals surface area contributed by atoms with Gasteiger partial charge in [0, 0.05) is 18.4 Å². The number of hydrogen-bond acceptors (Lipinski definition) is 8. The number of hydrogen-bond donors (Lipinski definition) is 1. The Morgan fingerprint density at radius 1 is 0.939 bits per heavy atom. The number of oxazole rings is 1. The van der Waals surface area contributed by atoms with Crippen molar-refractivity contribution in [2.24, 2.45) is 5.73 Å². The van der Waals surface area contributed by atoms with E-state index in [1.54, 1.807) is 6.92 Å². The van der Waals surface area contributed by atoms with E-state index < -0.39 is 0 Å². The molecule has 2 heterocycles. The fourth-order valence-electron chi connectivity index (χ4n) is 3.85.